The molecule has 0 aliphatic rings. The van der Waals surface area contributed by atoms with Crippen molar-refractivity contribution < 1.29 is 4.42 Å². The highest BCUT2D eigenvalue weighted by Gasteiger charge is 2.10. The molecule has 2 heterocycles. The standard InChI is InChI=1S/C20H16N2O2S3/c1-2-13-8-9-16-14(11-18(23)24-17(16)10-13)12-26-19-21-22(20(25)27-19)15-6-4-3-5-7-15/h3-11H,2,12H2,1H3. The number of nitrogens with zero attached hydrogens (tertiary/aromatic N) is 2. The Morgan fingerprint density at radius 2 is 2.00 bits per heavy atom. The molecule has 27 heavy (non-hydrogen) atoms. The van der Waals surface area contributed by atoms with Gasteiger partial charge in [0, 0.05) is 17.2 Å². The largest absolute Gasteiger partial charge is 0.423 e. The van der Waals surface area contributed by atoms with Gasteiger partial charge >= 0.3 is 5.63 Å². The fraction of sp³-hybridized carbons (Fsp3) is 0.150. The zero-order chi connectivity index (χ0) is 18.8. The van der Waals surface area contributed by atoms with Crippen LogP contribution in [0.2, 0.25) is 0 Å². The van der Waals surface area contributed by atoms with E-state index in [0.29, 0.717) is 15.3 Å². The van der Waals surface area contributed by atoms with E-state index in [-0.39, 0.29) is 5.63 Å². The predicted octanol–water partition coefficient (Wildman–Crippen LogP) is 5.62. The van der Waals surface area contributed by atoms with Crippen LogP contribution in [-0.4, -0.2) is 9.78 Å². The first-order valence-electron chi connectivity index (χ1n) is 8.48. The lowest BCUT2D eigenvalue weighted by Gasteiger charge is -2.05. The van der Waals surface area contributed by atoms with Crippen LogP contribution in [0.25, 0.3) is 16.7 Å². The molecule has 0 bridgehead atoms. The van der Waals surface area contributed by atoms with E-state index in [1.807, 2.05) is 42.5 Å². The maximum Gasteiger partial charge on any atom is 0.336 e. The average Bonchev–Trinajstić information content (AvgIpc) is 3.06. The summed E-state index contributed by atoms with van der Waals surface area (Å²) in [6.07, 6.45) is 0.902. The lowest BCUT2D eigenvalue weighted by Crippen LogP contribution is -2.00. The fourth-order valence-electron chi connectivity index (χ4n) is 2.80. The van der Waals surface area contributed by atoms with Gasteiger partial charge in [0.15, 0.2) is 8.29 Å². The molecule has 2 aromatic heterocycles. The summed E-state index contributed by atoms with van der Waals surface area (Å²) in [5.41, 5.74) is 3.36. The van der Waals surface area contributed by atoms with E-state index in [4.69, 9.17) is 16.6 Å². The first-order chi connectivity index (χ1) is 13.1. The molecular formula is C20H16N2O2S3. The number of benzene rings is 2. The van der Waals surface area contributed by atoms with Crippen LogP contribution in [0.3, 0.4) is 0 Å². The van der Waals surface area contributed by atoms with E-state index in [9.17, 15) is 4.79 Å². The van der Waals surface area contributed by atoms with Gasteiger partial charge in [-0.2, -0.15) is 0 Å². The Morgan fingerprint density at radius 1 is 1.19 bits per heavy atom. The molecule has 0 saturated carbocycles. The number of rotatable bonds is 5. The van der Waals surface area contributed by atoms with Crippen LogP contribution >= 0.6 is 35.3 Å². The van der Waals surface area contributed by atoms with Crippen molar-refractivity contribution in [3.8, 4) is 5.69 Å². The van der Waals surface area contributed by atoms with E-state index in [1.165, 1.54) is 11.3 Å². The number of para-hydroxylation sites is 1. The molecule has 0 aliphatic carbocycles. The number of aromatic nitrogens is 2. The van der Waals surface area contributed by atoms with E-state index in [0.717, 1.165) is 33.0 Å². The molecule has 0 amide bonds. The van der Waals surface area contributed by atoms with Gasteiger partial charge in [0.25, 0.3) is 0 Å². The first kappa shape index (κ1) is 18.2. The van der Waals surface area contributed by atoms with Crippen LogP contribution in [0.4, 0.5) is 0 Å². The summed E-state index contributed by atoms with van der Waals surface area (Å²) in [6, 6.07) is 17.4. The summed E-state index contributed by atoms with van der Waals surface area (Å²) >= 11 is 8.50. The second kappa shape index (κ2) is 7.80. The number of hydrogen-bond acceptors (Lipinski definition) is 6. The normalized spacial score (nSPS) is 11.1. The molecule has 0 N–H and O–H groups in total. The number of hydrogen-bond donors (Lipinski definition) is 0. The van der Waals surface area contributed by atoms with Crippen LogP contribution < -0.4 is 5.63 Å². The summed E-state index contributed by atoms with van der Waals surface area (Å²) in [4.78, 5) is 11.9. The maximum absolute atomic E-state index is 11.9. The summed E-state index contributed by atoms with van der Waals surface area (Å²) < 4.78 is 8.72. The molecule has 0 fully saturated rings. The highest BCUT2D eigenvalue weighted by Crippen LogP contribution is 2.29. The molecule has 0 spiro atoms. The quantitative estimate of drug-likeness (QED) is 0.242. The van der Waals surface area contributed by atoms with Crippen LogP contribution in [0.15, 0.2) is 68.1 Å². The molecule has 4 nitrogen and oxygen atoms in total. The zero-order valence-electron chi connectivity index (χ0n) is 14.5. The average molecular weight is 413 g/mol. The predicted molar refractivity (Wildman–Crippen MR) is 114 cm³/mol. The summed E-state index contributed by atoms with van der Waals surface area (Å²) in [5, 5.41) is 5.58. The molecule has 2 aromatic carbocycles. The lowest BCUT2D eigenvalue weighted by molar-refractivity contribution is 0.559. The highest BCUT2D eigenvalue weighted by molar-refractivity contribution is 8.00. The van der Waals surface area contributed by atoms with Gasteiger partial charge in [0.2, 0.25) is 0 Å². The van der Waals surface area contributed by atoms with Gasteiger partial charge in [-0.05, 0) is 48.0 Å². The van der Waals surface area contributed by atoms with Crippen molar-refractivity contribution in [2.75, 3.05) is 0 Å². The van der Waals surface area contributed by atoms with Gasteiger partial charge in [-0.15, -0.1) is 5.10 Å². The molecule has 0 radical (unpaired) electrons. The Hall–Kier alpha value is -2.22. The van der Waals surface area contributed by atoms with Crippen molar-refractivity contribution in [3.63, 3.8) is 0 Å². The summed E-state index contributed by atoms with van der Waals surface area (Å²) in [7, 11) is 0. The second-order valence-corrected chi connectivity index (χ2v) is 8.79. The van der Waals surface area contributed by atoms with Gasteiger partial charge in [-0.1, -0.05) is 60.4 Å². The van der Waals surface area contributed by atoms with Crippen LogP contribution in [0, 0.1) is 3.95 Å². The molecule has 4 rings (SSSR count). The molecule has 136 valence electrons. The minimum atomic E-state index is -0.325. The molecule has 0 atom stereocenters. The van der Waals surface area contributed by atoms with Crippen LogP contribution in [0.5, 0.6) is 0 Å². The Bertz CT molecular complexity index is 1210. The summed E-state index contributed by atoms with van der Waals surface area (Å²) in [5.74, 6) is 0.630. The van der Waals surface area contributed by atoms with Crippen molar-refractivity contribution in [2.24, 2.45) is 0 Å². The summed E-state index contributed by atoms with van der Waals surface area (Å²) in [6.45, 7) is 2.08. The molecule has 0 unspecified atom stereocenters. The van der Waals surface area contributed by atoms with E-state index < -0.39 is 0 Å². The highest BCUT2D eigenvalue weighted by atomic mass is 32.2. The van der Waals surface area contributed by atoms with E-state index in [2.05, 4.69) is 18.1 Å². The van der Waals surface area contributed by atoms with E-state index in [1.54, 1.807) is 22.5 Å². The van der Waals surface area contributed by atoms with Crippen LogP contribution in [-0.2, 0) is 12.2 Å². The minimum Gasteiger partial charge on any atom is -0.423 e. The SMILES string of the molecule is CCc1ccc2c(CSc3nn(-c4ccccc4)c(=S)s3)cc(=O)oc2c1. The molecule has 4 aromatic rings. The number of fused-ring (bicyclic) bond motifs is 1. The minimum absolute atomic E-state index is 0.325. The van der Waals surface area contributed by atoms with Crippen molar-refractivity contribution in [1.29, 1.82) is 0 Å². The third kappa shape index (κ3) is 3.90. The van der Waals surface area contributed by atoms with Crippen molar-refractivity contribution in [3.05, 3.63) is 80.1 Å². The fourth-order valence-corrected chi connectivity index (χ4v) is 5.16. The molecule has 0 aliphatic heterocycles. The monoisotopic (exact) mass is 412 g/mol. The van der Waals surface area contributed by atoms with Gasteiger partial charge in [-0.25, -0.2) is 9.48 Å². The number of thioether (sulfide) groups is 1. The molecule has 7 heteroatoms. The van der Waals surface area contributed by atoms with Gasteiger partial charge in [0.05, 0.1) is 5.69 Å². The second-order valence-electron chi connectivity index (χ2n) is 5.94. The number of aryl methyl sites for hydroxylation is 1. The van der Waals surface area contributed by atoms with Gasteiger partial charge in [0.1, 0.15) is 5.58 Å². The lowest BCUT2D eigenvalue weighted by atomic mass is 10.1. The third-order valence-electron chi connectivity index (χ3n) is 4.18. The van der Waals surface area contributed by atoms with Crippen molar-refractivity contribution in [2.45, 2.75) is 23.4 Å². The van der Waals surface area contributed by atoms with Crippen molar-refractivity contribution >= 4 is 46.3 Å². The molecule has 0 saturated heterocycles. The van der Waals surface area contributed by atoms with Crippen molar-refractivity contribution in [1.82, 2.24) is 9.78 Å². The van der Waals surface area contributed by atoms with Gasteiger partial charge < -0.3 is 4.42 Å². The Balaban J connectivity index is 1.63. The Labute approximate surface area is 169 Å². The molecular weight excluding hydrogens is 396 g/mol. The van der Waals surface area contributed by atoms with Gasteiger partial charge in [-0.3, -0.25) is 0 Å². The topological polar surface area (TPSA) is 48.0 Å². The first-order valence-corrected chi connectivity index (χ1v) is 10.7. The maximum atomic E-state index is 11.9. The third-order valence-corrected chi connectivity index (χ3v) is 6.60. The smallest absolute Gasteiger partial charge is 0.336 e. The zero-order valence-corrected chi connectivity index (χ0v) is 17.0. The Kier molecular flexibility index (Phi) is 5.24. The van der Waals surface area contributed by atoms with Crippen LogP contribution in [0.1, 0.15) is 18.1 Å². The Morgan fingerprint density at radius 3 is 2.78 bits per heavy atom. The van der Waals surface area contributed by atoms with E-state index >= 15 is 0 Å².